The summed E-state index contributed by atoms with van der Waals surface area (Å²) in [4.78, 5) is 10.9. The van der Waals surface area contributed by atoms with E-state index in [4.69, 9.17) is 5.11 Å². The summed E-state index contributed by atoms with van der Waals surface area (Å²) in [5.74, 6) is -2.59. The quantitative estimate of drug-likeness (QED) is 0.869. The molecule has 2 atom stereocenters. The molecule has 2 N–H and O–H groups in total. The van der Waals surface area contributed by atoms with Gasteiger partial charge in [-0.15, -0.1) is 13.2 Å². The third kappa shape index (κ3) is 4.44. The number of aliphatic carboxylic acids is 1. The molecule has 0 fully saturated rings. The van der Waals surface area contributed by atoms with E-state index < -0.39 is 30.1 Å². The van der Waals surface area contributed by atoms with E-state index in [0.29, 0.717) is 0 Å². The summed E-state index contributed by atoms with van der Waals surface area (Å²) in [7, 11) is 0. The monoisotopic (exact) mass is 278 g/mol. The molecule has 0 radical (unpaired) electrons. The smallest absolute Gasteiger partial charge is 0.481 e. The molecule has 1 rings (SSSR count). The first kappa shape index (κ1) is 15.3. The van der Waals surface area contributed by atoms with E-state index >= 15 is 0 Å². The van der Waals surface area contributed by atoms with Crippen molar-refractivity contribution in [3.8, 4) is 5.75 Å². The lowest BCUT2D eigenvalue weighted by Gasteiger charge is -2.18. The summed E-state index contributed by atoms with van der Waals surface area (Å²) >= 11 is 0. The van der Waals surface area contributed by atoms with Crippen LogP contribution in [0, 0.1) is 5.92 Å². The van der Waals surface area contributed by atoms with E-state index in [9.17, 15) is 23.1 Å². The van der Waals surface area contributed by atoms with Gasteiger partial charge in [0, 0.05) is 0 Å². The highest BCUT2D eigenvalue weighted by molar-refractivity contribution is 5.71. The van der Waals surface area contributed by atoms with Crippen LogP contribution in [0.5, 0.6) is 5.75 Å². The van der Waals surface area contributed by atoms with E-state index in [1.165, 1.54) is 12.1 Å². The molecule has 0 aromatic heterocycles. The highest BCUT2D eigenvalue weighted by Crippen LogP contribution is 2.28. The minimum absolute atomic E-state index is 0.206. The van der Waals surface area contributed by atoms with Crippen LogP contribution in [0.15, 0.2) is 24.3 Å². The highest BCUT2D eigenvalue weighted by atomic mass is 19.4. The number of hydrogen-bond acceptors (Lipinski definition) is 3. The van der Waals surface area contributed by atoms with Crippen LogP contribution in [0.25, 0.3) is 0 Å². The van der Waals surface area contributed by atoms with Gasteiger partial charge in [-0.2, -0.15) is 0 Å². The van der Waals surface area contributed by atoms with Crippen LogP contribution in [0.1, 0.15) is 25.0 Å². The zero-order valence-electron chi connectivity index (χ0n) is 10.0. The predicted molar refractivity (Wildman–Crippen MR) is 59.5 cm³/mol. The van der Waals surface area contributed by atoms with Crippen molar-refractivity contribution in [1.82, 2.24) is 0 Å². The van der Waals surface area contributed by atoms with E-state index in [0.717, 1.165) is 12.1 Å². The topological polar surface area (TPSA) is 66.8 Å². The number of alkyl halides is 3. The number of rotatable bonds is 5. The van der Waals surface area contributed by atoms with Gasteiger partial charge in [0.25, 0.3) is 0 Å². The number of halogens is 3. The van der Waals surface area contributed by atoms with Gasteiger partial charge >= 0.3 is 12.3 Å². The fourth-order valence-corrected chi connectivity index (χ4v) is 1.63. The summed E-state index contributed by atoms with van der Waals surface area (Å²) in [6.45, 7) is 1.60. The Kier molecular flexibility index (Phi) is 4.77. The lowest BCUT2D eigenvalue weighted by atomic mass is 9.93. The molecule has 0 amide bonds. The lowest BCUT2D eigenvalue weighted by Crippen LogP contribution is -2.21. The fraction of sp³-hybridized carbons (Fsp3) is 0.417. The van der Waals surface area contributed by atoms with Gasteiger partial charge < -0.3 is 14.9 Å². The third-order valence-corrected chi connectivity index (χ3v) is 2.59. The van der Waals surface area contributed by atoms with Crippen molar-refractivity contribution in [2.24, 2.45) is 5.92 Å². The van der Waals surface area contributed by atoms with Gasteiger partial charge in [0.15, 0.2) is 0 Å². The van der Waals surface area contributed by atoms with Crippen molar-refractivity contribution in [2.45, 2.75) is 25.8 Å². The Labute approximate surface area is 107 Å². The molecular weight excluding hydrogens is 265 g/mol. The van der Waals surface area contributed by atoms with Crippen LogP contribution in [0.4, 0.5) is 13.2 Å². The SMILES string of the molecule is CCC(C(=O)O)C(O)c1ccc(OC(F)(F)F)cc1. The molecule has 2 unspecified atom stereocenters. The number of ether oxygens (including phenoxy) is 1. The normalized spacial score (nSPS) is 14.8. The van der Waals surface area contributed by atoms with Crippen molar-refractivity contribution in [3.05, 3.63) is 29.8 Å². The average Bonchev–Trinajstić information content (AvgIpc) is 2.28. The van der Waals surface area contributed by atoms with Gasteiger partial charge in [-0.25, -0.2) is 0 Å². The molecule has 0 spiro atoms. The fourth-order valence-electron chi connectivity index (χ4n) is 1.63. The van der Waals surface area contributed by atoms with Crippen molar-refractivity contribution in [1.29, 1.82) is 0 Å². The Bertz CT molecular complexity index is 428. The van der Waals surface area contributed by atoms with E-state index in [-0.39, 0.29) is 12.0 Å². The van der Waals surface area contributed by atoms with Gasteiger partial charge in [0.1, 0.15) is 5.75 Å². The summed E-state index contributed by atoms with van der Waals surface area (Å²) in [5, 5.41) is 18.7. The van der Waals surface area contributed by atoms with Crippen molar-refractivity contribution in [3.63, 3.8) is 0 Å². The van der Waals surface area contributed by atoms with Gasteiger partial charge in [-0.1, -0.05) is 19.1 Å². The maximum absolute atomic E-state index is 11.9. The average molecular weight is 278 g/mol. The number of aliphatic hydroxyl groups excluding tert-OH is 1. The van der Waals surface area contributed by atoms with Crippen LogP contribution in [0.2, 0.25) is 0 Å². The first-order chi connectivity index (χ1) is 8.74. The Morgan fingerprint density at radius 1 is 1.32 bits per heavy atom. The van der Waals surface area contributed by atoms with E-state index in [1.807, 2.05) is 0 Å². The number of benzene rings is 1. The minimum atomic E-state index is -4.78. The molecule has 1 aromatic rings. The van der Waals surface area contributed by atoms with Gasteiger partial charge in [0.05, 0.1) is 12.0 Å². The molecule has 1 aromatic carbocycles. The van der Waals surface area contributed by atoms with Crippen LogP contribution >= 0.6 is 0 Å². The molecule has 0 saturated heterocycles. The first-order valence-electron chi connectivity index (χ1n) is 5.51. The molecule has 4 nitrogen and oxygen atoms in total. The van der Waals surface area contributed by atoms with Gasteiger partial charge in [0.2, 0.25) is 0 Å². The molecule has 0 aliphatic heterocycles. The van der Waals surface area contributed by atoms with Crippen LogP contribution < -0.4 is 4.74 Å². The number of carboxylic acid groups (broad SMARTS) is 1. The number of carbonyl (C=O) groups is 1. The van der Waals surface area contributed by atoms with Crippen LogP contribution in [0.3, 0.4) is 0 Å². The number of hydrogen-bond donors (Lipinski definition) is 2. The highest BCUT2D eigenvalue weighted by Gasteiger charge is 2.31. The second kappa shape index (κ2) is 5.92. The molecular formula is C12H13F3O4. The van der Waals surface area contributed by atoms with Gasteiger partial charge in [-0.3, -0.25) is 4.79 Å². The Hall–Kier alpha value is -1.76. The molecule has 0 aliphatic rings. The Morgan fingerprint density at radius 3 is 2.21 bits per heavy atom. The van der Waals surface area contributed by atoms with Gasteiger partial charge in [-0.05, 0) is 24.1 Å². The minimum Gasteiger partial charge on any atom is -0.481 e. The molecule has 19 heavy (non-hydrogen) atoms. The van der Waals surface area contributed by atoms with Crippen molar-refractivity contribution in [2.75, 3.05) is 0 Å². The standard InChI is InChI=1S/C12H13F3O4/c1-2-9(11(17)18)10(16)7-3-5-8(6-4-7)19-12(13,14)15/h3-6,9-10,16H,2H2,1H3,(H,17,18). The van der Waals surface area contributed by atoms with E-state index in [2.05, 4.69) is 4.74 Å². The molecule has 0 bridgehead atoms. The number of carboxylic acids is 1. The maximum atomic E-state index is 11.9. The molecule has 0 aliphatic carbocycles. The zero-order chi connectivity index (χ0) is 14.6. The van der Waals surface area contributed by atoms with E-state index in [1.54, 1.807) is 6.92 Å². The molecule has 0 heterocycles. The largest absolute Gasteiger partial charge is 0.573 e. The Morgan fingerprint density at radius 2 is 1.84 bits per heavy atom. The predicted octanol–water partition coefficient (Wildman–Crippen LogP) is 2.73. The van der Waals surface area contributed by atoms with Crippen molar-refractivity contribution >= 4 is 5.97 Å². The summed E-state index contributed by atoms with van der Waals surface area (Å²) in [5.41, 5.74) is 0.226. The van der Waals surface area contributed by atoms with Crippen LogP contribution in [-0.4, -0.2) is 22.5 Å². The zero-order valence-corrected chi connectivity index (χ0v) is 10.0. The Balaban J connectivity index is 2.83. The van der Waals surface area contributed by atoms with Crippen LogP contribution in [-0.2, 0) is 4.79 Å². The molecule has 0 saturated carbocycles. The number of aliphatic hydroxyl groups is 1. The van der Waals surface area contributed by atoms with Crippen molar-refractivity contribution < 1.29 is 32.9 Å². The molecule has 106 valence electrons. The molecule has 7 heteroatoms. The second-order valence-electron chi connectivity index (χ2n) is 3.91. The summed E-state index contributed by atoms with van der Waals surface area (Å²) in [6.07, 6.45) is -5.85. The summed E-state index contributed by atoms with van der Waals surface area (Å²) in [6, 6.07) is 4.47. The lowest BCUT2D eigenvalue weighted by molar-refractivity contribution is -0.274. The maximum Gasteiger partial charge on any atom is 0.573 e. The second-order valence-corrected chi connectivity index (χ2v) is 3.91. The third-order valence-electron chi connectivity index (χ3n) is 2.59. The summed E-state index contributed by atoms with van der Waals surface area (Å²) < 4.78 is 39.5. The first-order valence-corrected chi connectivity index (χ1v) is 5.51.